The summed E-state index contributed by atoms with van der Waals surface area (Å²) < 4.78 is 5.36. The average Bonchev–Trinajstić information content (AvgIpc) is 3.01. The molecule has 3 rings (SSSR count). The van der Waals surface area contributed by atoms with Gasteiger partial charge in [-0.05, 0) is 30.9 Å². The fourth-order valence-corrected chi connectivity index (χ4v) is 4.28. The molecule has 1 amide bonds. The molecule has 5 nitrogen and oxygen atoms in total. The first kappa shape index (κ1) is 17.6. The summed E-state index contributed by atoms with van der Waals surface area (Å²) in [5, 5.41) is 5.37. The molecule has 25 heavy (non-hydrogen) atoms. The largest absolute Gasteiger partial charge is 0.496 e. The summed E-state index contributed by atoms with van der Waals surface area (Å²) in [6.45, 7) is 5.56. The van der Waals surface area contributed by atoms with Gasteiger partial charge in [-0.25, -0.2) is 4.98 Å². The number of hydrogen-bond acceptors (Lipinski definition) is 5. The van der Waals surface area contributed by atoms with E-state index in [4.69, 9.17) is 4.74 Å². The van der Waals surface area contributed by atoms with Crippen LogP contribution in [-0.2, 0) is 9.59 Å². The maximum Gasteiger partial charge on any atom is 0.229 e. The molecule has 1 saturated carbocycles. The number of anilines is 1. The topological polar surface area (TPSA) is 68.3 Å². The van der Waals surface area contributed by atoms with E-state index in [1.54, 1.807) is 14.0 Å². The lowest BCUT2D eigenvalue weighted by atomic mass is 9.53. The molecule has 0 unspecified atom stereocenters. The number of nitrogens with zero attached hydrogens (tertiary/aromatic N) is 1. The minimum atomic E-state index is -0.307. The average molecular weight is 358 g/mol. The number of amides is 1. The summed E-state index contributed by atoms with van der Waals surface area (Å²) in [6, 6.07) is 7.65. The SMILES string of the molecule is COc1ccccc1-c1csc(NC(=O)[C@H]2C[C@@H](C(C)=O)C2(C)C)n1. The molecule has 1 aliphatic carbocycles. The zero-order chi connectivity index (χ0) is 18.2. The van der Waals surface area contributed by atoms with Gasteiger partial charge in [0.15, 0.2) is 5.13 Å². The third-order valence-corrected chi connectivity index (χ3v) is 5.95. The van der Waals surface area contributed by atoms with Gasteiger partial charge < -0.3 is 10.1 Å². The van der Waals surface area contributed by atoms with E-state index in [9.17, 15) is 9.59 Å². The van der Waals surface area contributed by atoms with Gasteiger partial charge >= 0.3 is 0 Å². The molecule has 0 saturated heterocycles. The number of para-hydroxylation sites is 1. The van der Waals surface area contributed by atoms with E-state index in [1.165, 1.54) is 11.3 Å². The molecule has 6 heteroatoms. The number of aromatic nitrogens is 1. The zero-order valence-corrected chi connectivity index (χ0v) is 15.6. The van der Waals surface area contributed by atoms with Crippen LogP contribution >= 0.6 is 11.3 Å². The number of ketones is 1. The number of methoxy groups -OCH3 is 1. The quantitative estimate of drug-likeness (QED) is 0.877. The van der Waals surface area contributed by atoms with Gasteiger partial charge in [-0.15, -0.1) is 11.3 Å². The van der Waals surface area contributed by atoms with Crippen molar-refractivity contribution in [1.82, 2.24) is 4.98 Å². The van der Waals surface area contributed by atoms with Crippen LogP contribution in [0.1, 0.15) is 27.2 Å². The number of hydrogen-bond donors (Lipinski definition) is 1. The van der Waals surface area contributed by atoms with Crippen molar-refractivity contribution in [2.75, 3.05) is 12.4 Å². The fourth-order valence-electron chi connectivity index (χ4n) is 3.56. The van der Waals surface area contributed by atoms with Crippen LogP contribution < -0.4 is 10.1 Å². The third-order valence-electron chi connectivity index (χ3n) is 5.19. The maximum absolute atomic E-state index is 12.6. The molecular weight excluding hydrogens is 336 g/mol. The lowest BCUT2D eigenvalue weighted by molar-refractivity contribution is -0.145. The molecule has 0 bridgehead atoms. The smallest absolute Gasteiger partial charge is 0.229 e. The highest BCUT2D eigenvalue weighted by Gasteiger charge is 2.53. The van der Waals surface area contributed by atoms with Crippen molar-refractivity contribution in [2.45, 2.75) is 27.2 Å². The van der Waals surface area contributed by atoms with E-state index < -0.39 is 0 Å². The van der Waals surface area contributed by atoms with Crippen molar-refractivity contribution < 1.29 is 14.3 Å². The molecule has 0 radical (unpaired) electrons. The van der Waals surface area contributed by atoms with Gasteiger partial charge in [-0.2, -0.15) is 0 Å². The van der Waals surface area contributed by atoms with Gasteiger partial charge in [0, 0.05) is 22.8 Å². The van der Waals surface area contributed by atoms with E-state index in [-0.39, 0.29) is 28.9 Å². The number of Topliss-reactive ketones (excluding diaryl/α,β-unsaturated/α-hetero) is 1. The lowest BCUT2D eigenvalue weighted by Crippen LogP contribution is -2.53. The van der Waals surface area contributed by atoms with Crippen LogP contribution in [0, 0.1) is 17.3 Å². The number of nitrogens with one attached hydrogen (secondary N) is 1. The monoisotopic (exact) mass is 358 g/mol. The highest BCUT2D eigenvalue weighted by molar-refractivity contribution is 7.14. The number of rotatable bonds is 5. The second kappa shape index (κ2) is 6.59. The van der Waals surface area contributed by atoms with Crippen molar-refractivity contribution in [3.63, 3.8) is 0 Å². The molecular formula is C19H22N2O3S. The molecule has 2 atom stereocenters. The third kappa shape index (κ3) is 3.18. The standard InChI is InChI=1S/C19H22N2O3S/c1-11(22)13-9-14(19(13,2)3)17(23)21-18-20-15(10-25-18)12-7-5-6-8-16(12)24-4/h5-8,10,13-14H,9H2,1-4H3,(H,20,21,23)/t13-,14+/m0/s1. The Morgan fingerprint density at radius 3 is 2.64 bits per heavy atom. The van der Waals surface area contributed by atoms with Crippen LogP contribution in [0.4, 0.5) is 5.13 Å². The predicted molar refractivity (Wildman–Crippen MR) is 98.8 cm³/mol. The first-order valence-electron chi connectivity index (χ1n) is 8.24. The highest BCUT2D eigenvalue weighted by atomic mass is 32.1. The summed E-state index contributed by atoms with van der Waals surface area (Å²) in [4.78, 5) is 28.7. The van der Waals surface area contributed by atoms with Crippen molar-refractivity contribution in [3.8, 4) is 17.0 Å². The van der Waals surface area contributed by atoms with Gasteiger partial charge in [0.1, 0.15) is 11.5 Å². The zero-order valence-electron chi connectivity index (χ0n) is 14.8. The maximum atomic E-state index is 12.6. The minimum absolute atomic E-state index is 0.0383. The Labute approximate surface area is 151 Å². The lowest BCUT2D eigenvalue weighted by Gasteiger charge is -2.49. The number of carbonyl (C=O) groups excluding carboxylic acids is 2. The summed E-state index contributed by atoms with van der Waals surface area (Å²) in [5.41, 5.74) is 1.35. The Bertz CT molecular complexity index is 813. The van der Waals surface area contributed by atoms with Gasteiger partial charge in [-0.1, -0.05) is 26.0 Å². The highest BCUT2D eigenvalue weighted by Crippen LogP contribution is 2.52. The van der Waals surface area contributed by atoms with Crippen LogP contribution in [0.2, 0.25) is 0 Å². The van der Waals surface area contributed by atoms with E-state index in [0.717, 1.165) is 17.0 Å². The number of ether oxygens (including phenoxy) is 1. The van der Waals surface area contributed by atoms with Gasteiger partial charge in [-0.3, -0.25) is 9.59 Å². The van der Waals surface area contributed by atoms with Gasteiger partial charge in [0.25, 0.3) is 0 Å². The van der Waals surface area contributed by atoms with Crippen molar-refractivity contribution >= 4 is 28.2 Å². The summed E-state index contributed by atoms with van der Waals surface area (Å²) >= 11 is 1.39. The van der Waals surface area contributed by atoms with E-state index in [0.29, 0.717) is 11.6 Å². The molecule has 132 valence electrons. The van der Waals surface area contributed by atoms with Crippen molar-refractivity contribution in [1.29, 1.82) is 0 Å². The van der Waals surface area contributed by atoms with E-state index >= 15 is 0 Å². The van der Waals surface area contributed by atoms with Crippen molar-refractivity contribution in [3.05, 3.63) is 29.6 Å². The minimum Gasteiger partial charge on any atom is -0.496 e. The molecule has 1 aromatic heterocycles. The first-order chi connectivity index (χ1) is 11.8. The number of carbonyl (C=O) groups is 2. The summed E-state index contributed by atoms with van der Waals surface area (Å²) in [5.74, 6) is 0.629. The molecule has 1 N–H and O–H groups in total. The Kier molecular flexibility index (Phi) is 4.64. The molecule has 1 aromatic carbocycles. The van der Waals surface area contributed by atoms with Crippen molar-refractivity contribution in [2.24, 2.45) is 17.3 Å². The number of thiazole rings is 1. The Hall–Kier alpha value is -2.21. The second-order valence-electron chi connectivity index (χ2n) is 7.00. The van der Waals surface area contributed by atoms with Crippen LogP contribution in [0.15, 0.2) is 29.6 Å². The van der Waals surface area contributed by atoms with Crippen LogP contribution in [-0.4, -0.2) is 23.8 Å². The summed E-state index contributed by atoms with van der Waals surface area (Å²) in [7, 11) is 1.62. The molecule has 2 aromatic rings. The van der Waals surface area contributed by atoms with Crippen LogP contribution in [0.3, 0.4) is 0 Å². The van der Waals surface area contributed by atoms with Crippen LogP contribution in [0.5, 0.6) is 5.75 Å². The van der Waals surface area contributed by atoms with Crippen LogP contribution in [0.25, 0.3) is 11.3 Å². The Morgan fingerprint density at radius 2 is 2.00 bits per heavy atom. The van der Waals surface area contributed by atoms with Gasteiger partial charge in [0.2, 0.25) is 5.91 Å². The predicted octanol–water partition coefficient (Wildman–Crippen LogP) is 4.01. The fraction of sp³-hybridized carbons (Fsp3) is 0.421. The second-order valence-corrected chi connectivity index (χ2v) is 7.86. The molecule has 1 aliphatic rings. The molecule has 1 heterocycles. The Morgan fingerprint density at radius 1 is 1.28 bits per heavy atom. The number of benzene rings is 1. The normalized spacial score (nSPS) is 21.3. The molecule has 0 spiro atoms. The summed E-state index contributed by atoms with van der Waals surface area (Å²) in [6.07, 6.45) is 0.610. The Balaban J connectivity index is 1.72. The van der Waals surface area contributed by atoms with Gasteiger partial charge in [0.05, 0.1) is 12.8 Å². The molecule has 1 fully saturated rings. The molecule has 0 aliphatic heterocycles. The first-order valence-corrected chi connectivity index (χ1v) is 9.12. The van der Waals surface area contributed by atoms with E-state index in [1.807, 2.05) is 43.5 Å². The van der Waals surface area contributed by atoms with E-state index in [2.05, 4.69) is 10.3 Å².